The first-order chi connectivity index (χ1) is 9.51. The molecule has 2 rings (SSSR count). The van der Waals surface area contributed by atoms with Crippen LogP contribution in [0.4, 0.5) is 11.6 Å². The van der Waals surface area contributed by atoms with E-state index in [4.69, 9.17) is 10.3 Å². The van der Waals surface area contributed by atoms with Gasteiger partial charge < -0.3 is 15.6 Å². The third-order valence-corrected chi connectivity index (χ3v) is 3.15. The molecule has 0 spiro atoms. The maximum absolute atomic E-state index is 5.82. The number of nitrogen functional groups attached to an aromatic ring is 1. The van der Waals surface area contributed by atoms with Crippen molar-refractivity contribution in [2.24, 2.45) is 0 Å². The summed E-state index contributed by atoms with van der Waals surface area (Å²) in [6.45, 7) is 7.97. The second-order valence-electron chi connectivity index (χ2n) is 4.95. The first kappa shape index (κ1) is 14.3. The normalized spacial score (nSPS) is 12.4. The zero-order valence-electron chi connectivity index (χ0n) is 12.4. The second kappa shape index (κ2) is 5.90. The van der Waals surface area contributed by atoms with Gasteiger partial charge >= 0.3 is 0 Å². The number of aromatic nitrogens is 3. The van der Waals surface area contributed by atoms with Gasteiger partial charge in [-0.1, -0.05) is 12.1 Å². The van der Waals surface area contributed by atoms with Crippen molar-refractivity contribution in [2.75, 3.05) is 11.1 Å². The summed E-state index contributed by atoms with van der Waals surface area (Å²) in [6.07, 6.45) is 1.81. The van der Waals surface area contributed by atoms with Gasteiger partial charge in [0, 0.05) is 18.1 Å². The van der Waals surface area contributed by atoms with Gasteiger partial charge in [-0.25, -0.2) is 9.97 Å². The molecule has 20 heavy (non-hydrogen) atoms. The number of anilines is 2. The zero-order valence-corrected chi connectivity index (χ0v) is 12.4. The Morgan fingerprint density at radius 1 is 1.35 bits per heavy atom. The van der Waals surface area contributed by atoms with Crippen molar-refractivity contribution in [3.63, 3.8) is 0 Å². The van der Waals surface area contributed by atoms with E-state index in [9.17, 15) is 0 Å². The third-order valence-electron chi connectivity index (χ3n) is 3.15. The predicted molar refractivity (Wildman–Crippen MR) is 78.5 cm³/mol. The van der Waals surface area contributed by atoms with Crippen molar-refractivity contribution in [2.45, 2.75) is 46.6 Å². The minimum absolute atomic E-state index is 0.0463. The number of aryl methyl sites for hydroxylation is 3. The average molecular weight is 275 g/mol. The Morgan fingerprint density at radius 3 is 2.70 bits per heavy atom. The van der Waals surface area contributed by atoms with Crippen molar-refractivity contribution >= 4 is 11.6 Å². The lowest BCUT2D eigenvalue weighted by atomic mass is 10.1. The molecule has 3 N–H and O–H groups in total. The molecule has 0 bridgehead atoms. The molecule has 108 valence electrons. The van der Waals surface area contributed by atoms with E-state index in [-0.39, 0.29) is 6.04 Å². The van der Waals surface area contributed by atoms with E-state index in [2.05, 4.69) is 27.4 Å². The summed E-state index contributed by atoms with van der Waals surface area (Å²) in [5.41, 5.74) is 7.76. The highest BCUT2D eigenvalue weighted by atomic mass is 16.5. The summed E-state index contributed by atoms with van der Waals surface area (Å²) < 4.78 is 5.19. The number of hydrogen-bond donors (Lipinski definition) is 2. The number of nitrogens with zero attached hydrogens (tertiary/aromatic N) is 3. The highest BCUT2D eigenvalue weighted by molar-refractivity contribution is 5.46. The van der Waals surface area contributed by atoms with Crippen LogP contribution < -0.4 is 11.1 Å². The molecule has 6 heteroatoms. The van der Waals surface area contributed by atoms with E-state index in [1.807, 2.05) is 20.8 Å². The van der Waals surface area contributed by atoms with Crippen LogP contribution in [0.2, 0.25) is 0 Å². The highest BCUT2D eigenvalue weighted by Gasteiger charge is 2.17. The van der Waals surface area contributed by atoms with Crippen LogP contribution in [0.1, 0.15) is 49.2 Å². The fourth-order valence-corrected chi connectivity index (χ4v) is 2.33. The predicted octanol–water partition coefficient (Wildman–Crippen LogP) is 2.79. The summed E-state index contributed by atoms with van der Waals surface area (Å²) in [7, 11) is 0. The van der Waals surface area contributed by atoms with Crippen LogP contribution in [0.25, 0.3) is 0 Å². The van der Waals surface area contributed by atoms with Gasteiger partial charge in [-0.3, -0.25) is 0 Å². The molecule has 6 nitrogen and oxygen atoms in total. The molecule has 0 saturated carbocycles. The standard InChI is InChI=1S/C14H21N5O/c1-5-6-12-17-11(15)7-13(18-12)16-8(2)14-9(3)19-20-10(14)4/h7-8H,5-6H2,1-4H3,(H3,15,16,17,18). The molecular weight excluding hydrogens is 254 g/mol. The van der Waals surface area contributed by atoms with Gasteiger partial charge in [-0.15, -0.1) is 0 Å². The van der Waals surface area contributed by atoms with Gasteiger partial charge in [0.2, 0.25) is 0 Å². The second-order valence-corrected chi connectivity index (χ2v) is 4.95. The van der Waals surface area contributed by atoms with Crippen molar-refractivity contribution in [1.82, 2.24) is 15.1 Å². The number of hydrogen-bond acceptors (Lipinski definition) is 6. The summed E-state index contributed by atoms with van der Waals surface area (Å²) in [5, 5.41) is 7.31. The molecular formula is C14H21N5O. The zero-order chi connectivity index (χ0) is 14.7. The molecule has 0 aliphatic heterocycles. The number of rotatable bonds is 5. The molecule has 1 unspecified atom stereocenters. The summed E-state index contributed by atoms with van der Waals surface area (Å²) in [5.74, 6) is 2.80. The molecule has 0 saturated heterocycles. The van der Waals surface area contributed by atoms with E-state index < -0.39 is 0 Å². The average Bonchev–Trinajstić information content (AvgIpc) is 2.68. The largest absolute Gasteiger partial charge is 0.384 e. The Hall–Kier alpha value is -2.11. The Morgan fingerprint density at radius 2 is 2.10 bits per heavy atom. The fraction of sp³-hybridized carbons (Fsp3) is 0.500. The summed E-state index contributed by atoms with van der Waals surface area (Å²) >= 11 is 0. The first-order valence-corrected chi connectivity index (χ1v) is 6.84. The molecule has 0 fully saturated rings. The SMILES string of the molecule is CCCc1nc(N)cc(NC(C)c2c(C)noc2C)n1. The molecule has 0 aliphatic rings. The molecule has 0 radical (unpaired) electrons. The van der Waals surface area contributed by atoms with Crippen LogP contribution >= 0.6 is 0 Å². The van der Waals surface area contributed by atoms with Crippen LogP contribution in [-0.2, 0) is 6.42 Å². The molecule has 0 aromatic carbocycles. The van der Waals surface area contributed by atoms with Crippen molar-refractivity contribution in [1.29, 1.82) is 0 Å². The van der Waals surface area contributed by atoms with Crippen LogP contribution in [0.5, 0.6) is 0 Å². The maximum Gasteiger partial charge on any atom is 0.139 e. The molecule has 0 aliphatic carbocycles. The molecule has 1 atom stereocenters. The van der Waals surface area contributed by atoms with Gasteiger partial charge in [-0.2, -0.15) is 0 Å². The Labute approximate surface area is 118 Å². The Kier molecular flexibility index (Phi) is 4.22. The minimum Gasteiger partial charge on any atom is -0.384 e. The minimum atomic E-state index is 0.0463. The smallest absolute Gasteiger partial charge is 0.139 e. The number of nitrogens with two attached hydrogens (primary N) is 1. The Bertz CT molecular complexity index is 574. The third kappa shape index (κ3) is 3.07. The van der Waals surface area contributed by atoms with E-state index in [1.54, 1.807) is 6.07 Å². The van der Waals surface area contributed by atoms with Crippen LogP contribution in [-0.4, -0.2) is 15.1 Å². The van der Waals surface area contributed by atoms with Gasteiger partial charge in [0.25, 0.3) is 0 Å². The van der Waals surface area contributed by atoms with Crippen LogP contribution in [0.15, 0.2) is 10.6 Å². The lowest BCUT2D eigenvalue weighted by molar-refractivity contribution is 0.392. The van der Waals surface area contributed by atoms with Crippen LogP contribution in [0, 0.1) is 13.8 Å². The van der Waals surface area contributed by atoms with Crippen LogP contribution in [0.3, 0.4) is 0 Å². The molecule has 2 aromatic heterocycles. The van der Waals surface area contributed by atoms with E-state index >= 15 is 0 Å². The Balaban J connectivity index is 2.21. The molecule has 0 amide bonds. The van der Waals surface area contributed by atoms with E-state index in [0.29, 0.717) is 5.82 Å². The molecule has 2 heterocycles. The highest BCUT2D eigenvalue weighted by Crippen LogP contribution is 2.24. The topological polar surface area (TPSA) is 89.9 Å². The maximum atomic E-state index is 5.82. The lowest BCUT2D eigenvalue weighted by Crippen LogP contribution is -2.11. The number of nitrogens with one attached hydrogen (secondary N) is 1. The van der Waals surface area contributed by atoms with Gasteiger partial charge in [0.15, 0.2) is 0 Å². The van der Waals surface area contributed by atoms with E-state index in [1.165, 1.54) is 0 Å². The van der Waals surface area contributed by atoms with Crippen molar-refractivity contribution in [3.05, 3.63) is 28.9 Å². The van der Waals surface area contributed by atoms with Crippen molar-refractivity contribution in [3.8, 4) is 0 Å². The van der Waals surface area contributed by atoms with Gasteiger partial charge in [-0.05, 0) is 27.2 Å². The van der Waals surface area contributed by atoms with Crippen molar-refractivity contribution < 1.29 is 4.52 Å². The quantitative estimate of drug-likeness (QED) is 0.872. The molecule has 2 aromatic rings. The first-order valence-electron chi connectivity index (χ1n) is 6.84. The van der Waals surface area contributed by atoms with Gasteiger partial charge in [0.1, 0.15) is 23.2 Å². The fourth-order valence-electron chi connectivity index (χ4n) is 2.33. The van der Waals surface area contributed by atoms with Gasteiger partial charge in [0.05, 0.1) is 11.7 Å². The summed E-state index contributed by atoms with van der Waals surface area (Å²) in [4.78, 5) is 8.70. The summed E-state index contributed by atoms with van der Waals surface area (Å²) in [6, 6.07) is 1.79. The van der Waals surface area contributed by atoms with E-state index in [0.717, 1.165) is 41.5 Å². The monoisotopic (exact) mass is 275 g/mol. The lowest BCUT2D eigenvalue weighted by Gasteiger charge is -2.15.